The Morgan fingerprint density at radius 3 is 2.35 bits per heavy atom. The van der Waals surface area contributed by atoms with Crippen LogP contribution in [0.5, 0.6) is 0 Å². The number of rotatable bonds is 12. The van der Waals surface area contributed by atoms with E-state index in [0.717, 1.165) is 62.5 Å². The Morgan fingerprint density at radius 1 is 0.978 bits per heavy atom. The summed E-state index contributed by atoms with van der Waals surface area (Å²) in [5.41, 5.74) is 4.52. The highest BCUT2D eigenvalue weighted by molar-refractivity contribution is 6.00. The van der Waals surface area contributed by atoms with Crippen LogP contribution in [0.4, 0.5) is 10.5 Å². The van der Waals surface area contributed by atoms with Crippen LogP contribution in [0.25, 0.3) is 5.69 Å². The number of anilines is 1. The fraction of sp³-hybridized carbons (Fsp3) is 0.500. The lowest BCUT2D eigenvalue weighted by molar-refractivity contribution is 0.0544. The molecule has 5 rings (SSSR count). The van der Waals surface area contributed by atoms with Gasteiger partial charge < -0.3 is 25.5 Å². The highest BCUT2D eigenvalue weighted by Crippen LogP contribution is 2.29. The van der Waals surface area contributed by atoms with Crippen LogP contribution in [0.2, 0.25) is 0 Å². The number of urea groups is 1. The highest BCUT2D eigenvalue weighted by atomic mass is 16.3. The van der Waals surface area contributed by atoms with Gasteiger partial charge in [-0.3, -0.25) is 9.59 Å². The Balaban J connectivity index is 1.50. The molecule has 0 radical (unpaired) electrons. The van der Waals surface area contributed by atoms with Gasteiger partial charge in [0.1, 0.15) is 0 Å². The topological polar surface area (TPSA) is 120 Å². The maximum absolute atomic E-state index is 14.5. The molecule has 1 unspecified atom stereocenters. The molecule has 10 nitrogen and oxygen atoms in total. The minimum absolute atomic E-state index is 0.119. The molecule has 3 aromatic rings. The summed E-state index contributed by atoms with van der Waals surface area (Å²) in [6, 6.07) is 14.4. The van der Waals surface area contributed by atoms with Crippen molar-refractivity contribution < 1.29 is 19.5 Å². The van der Waals surface area contributed by atoms with Crippen molar-refractivity contribution in [3.05, 3.63) is 76.6 Å². The quantitative estimate of drug-likeness (QED) is 0.233. The smallest absolute Gasteiger partial charge is 0.319 e. The van der Waals surface area contributed by atoms with E-state index in [-0.39, 0.29) is 30.5 Å². The molecule has 1 fully saturated rings. The van der Waals surface area contributed by atoms with E-state index in [0.29, 0.717) is 54.4 Å². The summed E-state index contributed by atoms with van der Waals surface area (Å²) in [6.45, 7) is 7.61. The normalized spacial score (nSPS) is 16.3. The average Bonchev–Trinajstić information content (AvgIpc) is 3.72. The van der Waals surface area contributed by atoms with Crippen LogP contribution in [-0.2, 0) is 13.0 Å². The first-order valence-corrected chi connectivity index (χ1v) is 16.9. The first kappa shape index (κ1) is 33.2. The number of hydrogen-bond donors (Lipinski definition) is 3. The molecule has 1 aromatic heterocycles. The van der Waals surface area contributed by atoms with E-state index in [4.69, 9.17) is 5.10 Å². The number of carbonyl (C=O) groups excluding carboxylic acids is 3. The third-order valence-electron chi connectivity index (χ3n) is 9.19. The van der Waals surface area contributed by atoms with Gasteiger partial charge in [-0.1, -0.05) is 63.8 Å². The number of nitrogens with one attached hydrogen (secondary N) is 2. The molecule has 4 amide bonds. The van der Waals surface area contributed by atoms with E-state index in [9.17, 15) is 19.5 Å². The van der Waals surface area contributed by atoms with Crippen LogP contribution in [-0.4, -0.2) is 74.3 Å². The standard InChI is InChI=1S/C36H48N6O4/c1-4-6-18-40(19-7-5-2)35(45)32-20-25(3)42(39-32)33-17-16-29(38-36(46)37-28-14-10-11-15-28)22-31(33)34(44)41-23-27-13-9-8-12-26(27)21-30(41)24-43/h8-9,12-13,16-17,20,22,28,30,43H,4-7,10-11,14-15,18-19,21,23-24H2,1-3H3,(H2,37,38,46). The number of hydrogen-bond acceptors (Lipinski definition) is 5. The zero-order valence-electron chi connectivity index (χ0n) is 27.4. The minimum atomic E-state index is -0.404. The third kappa shape index (κ3) is 7.61. The van der Waals surface area contributed by atoms with Gasteiger partial charge >= 0.3 is 6.03 Å². The molecule has 1 aliphatic heterocycles. The molecule has 0 bridgehead atoms. The molecular weight excluding hydrogens is 580 g/mol. The van der Waals surface area contributed by atoms with Crippen molar-refractivity contribution in [1.29, 1.82) is 0 Å². The molecule has 2 heterocycles. The molecule has 1 atom stereocenters. The summed E-state index contributed by atoms with van der Waals surface area (Å²) < 4.78 is 1.65. The first-order chi connectivity index (χ1) is 22.3. The van der Waals surface area contributed by atoms with Crippen LogP contribution in [0.15, 0.2) is 48.5 Å². The molecule has 3 N–H and O–H groups in total. The SMILES string of the molecule is CCCCN(CCCC)C(=O)c1cc(C)n(-c2ccc(NC(=O)NC3CCCC3)cc2C(=O)N2Cc3ccccc3CC2CO)n1. The molecule has 0 spiro atoms. The average molecular weight is 629 g/mol. The van der Waals surface area contributed by atoms with Gasteiger partial charge in [0.05, 0.1) is 23.9 Å². The molecule has 2 aromatic carbocycles. The van der Waals surface area contributed by atoms with Crippen LogP contribution >= 0.6 is 0 Å². The van der Waals surface area contributed by atoms with E-state index in [2.05, 4.69) is 24.5 Å². The lowest BCUT2D eigenvalue weighted by Gasteiger charge is -2.36. The van der Waals surface area contributed by atoms with Crippen LogP contribution in [0, 0.1) is 6.92 Å². The van der Waals surface area contributed by atoms with Crippen LogP contribution in [0.3, 0.4) is 0 Å². The van der Waals surface area contributed by atoms with E-state index in [1.54, 1.807) is 33.8 Å². The fourth-order valence-corrected chi connectivity index (χ4v) is 6.53. The lowest BCUT2D eigenvalue weighted by atomic mass is 9.93. The molecule has 2 aliphatic rings. The number of benzene rings is 2. The molecule has 1 saturated carbocycles. The van der Waals surface area contributed by atoms with E-state index in [1.807, 2.05) is 36.1 Å². The van der Waals surface area contributed by atoms with E-state index < -0.39 is 6.04 Å². The molecule has 0 saturated heterocycles. The van der Waals surface area contributed by atoms with Gasteiger partial charge in [-0.15, -0.1) is 0 Å². The van der Waals surface area contributed by atoms with Crippen molar-refractivity contribution in [1.82, 2.24) is 24.9 Å². The zero-order chi connectivity index (χ0) is 32.6. The predicted molar refractivity (Wildman–Crippen MR) is 179 cm³/mol. The van der Waals surface area contributed by atoms with Crippen molar-refractivity contribution in [2.24, 2.45) is 0 Å². The Hall–Kier alpha value is -4.18. The van der Waals surface area contributed by atoms with Crippen molar-refractivity contribution in [2.75, 3.05) is 25.0 Å². The summed E-state index contributed by atoms with van der Waals surface area (Å²) in [7, 11) is 0. The Kier molecular flexibility index (Phi) is 11.1. The van der Waals surface area contributed by atoms with E-state index in [1.165, 1.54) is 0 Å². The number of aromatic nitrogens is 2. The highest BCUT2D eigenvalue weighted by Gasteiger charge is 2.32. The Morgan fingerprint density at radius 2 is 1.67 bits per heavy atom. The van der Waals surface area contributed by atoms with Gasteiger partial charge in [0.2, 0.25) is 0 Å². The van der Waals surface area contributed by atoms with Crippen molar-refractivity contribution in [2.45, 2.75) is 97.2 Å². The monoisotopic (exact) mass is 628 g/mol. The van der Waals surface area contributed by atoms with Gasteiger partial charge in [-0.05, 0) is 74.4 Å². The van der Waals surface area contributed by atoms with Gasteiger partial charge in [0, 0.05) is 37.1 Å². The van der Waals surface area contributed by atoms with Crippen molar-refractivity contribution in [3.8, 4) is 5.69 Å². The number of aliphatic hydroxyl groups excluding tert-OH is 1. The molecule has 1 aliphatic carbocycles. The van der Waals surface area contributed by atoms with Crippen molar-refractivity contribution >= 4 is 23.5 Å². The second-order valence-corrected chi connectivity index (χ2v) is 12.6. The summed E-state index contributed by atoms with van der Waals surface area (Å²) in [4.78, 5) is 44.5. The van der Waals surface area contributed by atoms with Crippen LogP contribution < -0.4 is 10.6 Å². The largest absolute Gasteiger partial charge is 0.394 e. The number of amides is 4. The number of unbranched alkanes of at least 4 members (excludes halogenated alkanes) is 2. The molecule has 46 heavy (non-hydrogen) atoms. The molecule has 246 valence electrons. The summed E-state index contributed by atoms with van der Waals surface area (Å²) >= 11 is 0. The third-order valence-corrected chi connectivity index (χ3v) is 9.19. The Labute approximate surface area is 272 Å². The molecule has 10 heteroatoms. The minimum Gasteiger partial charge on any atom is -0.394 e. The second-order valence-electron chi connectivity index (χ2n) is 12.6. The second kappa shape index (κ2) is 15.4. The Bertz CT molecular complexity index is 1520. The summed E-state index contributed by atoms with van der Waals surface area (Å²) in [6.07, 6.45) is 8.49. The van der Waals surface area contributed by atoms with Crippen molar-refractivity contribution in [3.63, 3.8) is 0 Å². The van der Waals surface area contributed by atoms with E-state index >= 15 is 0 Å². The fourth-order valence-electron chi connectivity index (χ4n) is 6.53. The van der Waals surface area contributed by atoms with Gasteiger partial charge in [-0.2, -0.15) is 5.10 Å². The maximum atomic E-state index is 14.5. The van der Waals surface area contributed by atoms with Gasteiger partial charge in [0.15, 0.2) is 5.69 Å². The first-order valence-electron chi connectivity index (χ1n) is 16.9. The summed E-state index contributed by atoms with van der Waals surface area (Å²) in [5, 5.41) is 21.0. The summed E-state index contributed by atoms with van der Waals surface area (Å²) in [5.74, 6) is -0.398. The van der Waals surface area contributed by atoms with Crippen LogP contribution in [0.1, 0.15) is 103 Å². The number of carbonyl (C=O) groups is 3. The number of aliphatic hydroxyl groups is 1. The lowest BCUT2D eigenvalue weighted by Crippen LogP contribution is -2.46. The predicted octanol–water partition coefficient (Wildman–Crippen LogP) is 5.85. The zero-order valence-corrected chi connectivity index (χ0v) is 27.4. The molecular formula is C36H48N6O4. The van der Waals surface area contributed by atoms with Gasteiger partial charge in [0.25, 0.3) is 11.8 Å². The number of nitrogens with zero attached hydrogens (tertiary/aromatic N) is 4. The maximum Gasteiger partial charge on any atom is 0.319 e. The van der Waals surface area contributed by atoms with Gasteiger partial charge in [-0.25, -0.2) is 9.48 Å². The number of aryl methyl sites for hydroxylation is 1. The number of fused-ring (bicyclic) bond motifs is 1.